The second-order valence-corrected chi connectivity index (χ2v) is 10.1. The standard InChI is InChI=1S/C28H23Br2N6O/c29-24-7-9-27(31-18-24)35(33-11-3-1-4-12-33)20-22-15-23(17-26(37)16-22)21-36(34-13-5-2-6-14-34)28-10-8-25(30)19-32-28/h1-19H,20-21H2/q+1/p+1. The van der Waals surface area contributed by atoms with Crippen molar-refractivity contribution in [3.63, 3.8) is 0 Å². The average Bonchev–Trinajstić information content (AvgIpc) is 2.92. The fourth-order valence-electron chi connectivity index (χ4n) is 3.98. The molecule has 0 unspecified atom stereocenters. The maximum atomic E-state index is 10.7. The first kappa shape index (κ1) is 24.9. The molecule has 5 rings (SSSR count). The number of hydrogen-bond acceptors (Lipinski definition) is 5. The molecule has 37 heavy (non-hydrogen) atoms. The Morgan fingerprint density at radius 2 is 1.05 bits per heavy atom. The molecule has 0 saturated heterocycles. The lowest BCUT2D eigenvalue weighted by molar-refractivity contribution is -0.686. The van der Waals surface area contributed by atoms with Gasteiger partial charge in [-0.2, -0.15) is 0 Å². The zero-order chi connectivity index (χ0) is 25.6. The van der Waals surface area contributed by atoms with E-state index in [1.54, 1.807) is 24.5 Å². The van der Waals surface area contributed by atoms with Gasteiger partial charge in [-0.05, 0) is 79.4 Å². The Hall–Kier alpha value is -3.82. The molecule has 1 N–H and O–H groups in total. The van der Waals surface area contributed by atoms with Gasteiger partial charge in [-0.1, -0.05) is 27.6 Å². The van der Waals surface area contributed by atoms with Crippen LogP contribution >= 0.6 is 31.9 Å². The Labute approximate surface area is 232 Å². The quantitative estimate of drug-likeness (QED) is 0.241. The maximum absolute atomic E-state index is 10.7. The zero-order valence-corrected chi connectivity index (χ0v) is 22.9. The first-order chi connectivity index (χ1) is 18.0. The van der Waals surface area contributed by atoms with Gasteiger partial charge in [-0.3, -0.25) is 0 Å². The van der Waals surface area contributed by atoms with Crippen LogP contribution in [0.1, 0.15) is 11.1 Å². The van der Waals surface area contributed by atoms with Crippen LogP contribution in [0.25, 0.3) is 0 Å². The van der Waals surface area contributed by atoms with E-state index in [1.807, 2.05) is 105 Å². The SMILES string of the molecule is Oc1cc(CN(c2ccc(Br)cn2)[n+]2ccccc2)cc(CN(c2ccc(Br)cn2)[n+]2ccccc2)c1. The molecule has 0 aliphatic heterocycles. The summed E-state index contributed by atoms with van der Waals surface area (Å²) in [6.07, 6.45) is 11.4. The first-order valence-corrected chi connectivity index (χ1v) is 13.2. The fraction of sp³-hybridized carbons (Fsp3) is 0.0714. The lowest BCUT2D eigenvalue weighted by Gasteiger charge is -2.19. The number of pyridine rings is 4. The molecule has 0 radical (unpaired) electrons. The third kappa shape index (κ3) is 6.31. The van der Waals surface area contributed by atoms with Crippen molar-refractivity contribution in [2.75, 3.05) is 10.0 Å². The van der Waals surface area contributed by atoms with Crippen LogP contribution in [-0.4, -0.2) is 15.1 Å². The summed E-state index contributed by atoms with van der Waals surface area (Å²) in [4.78, 5) is 9.21. The number of phenols is 1. The lowest BCUT2D eigenvalue weighted by Crippen LogP contribution is -2.54. The third-order valence-electron chi connectivity index (χ3n) is 5.61. The van der Waals surface area contributed by atoms with Crippen molar-refractivity contribution in [3.05, 3.63) is 136 Å². The number of rotatable bonds is 8. The zero-order valence-electron chi connectivity index (χ0n) is 19.8. The van der Waals surface area contributed by atoms with Crippen LogP contribution in [0, 0.1) is 0 Å². The highest BCUT2D eigenvalue weighted by Gasteiger charge is 2.21. The van der Waals surface area contributed by atoms with Crippen LogP contribution in [0.15, 0.2) is 125 Å². The number of benzene rings is 1. The monoisotopic (exact) mass is 618 g/mol. The predicted molar refractivity (Wildman–Crippen MR) is 148 cm³/mol. The number of nitrogens with zero attached hydrogens (tertiary/aromatic N) is 6. The summed E-state index contributed by atoms with van der Waals surface area (Å²) < 4.78 is 5.79. The summed E-state index contributed by atoms with van der Waals surface area (Å²) in [7, 11) is 0. The van der Waals surface area contributed by atoms with E-state index in [9.17, 15) is 5.11 Å². The van der Waals surface area contributed by atoms with Crippen molar-refractivity contribution in [1.29, 1.82) is 0 Å². The molecule has 7 nitrogen and oxygen atoms in total. The summed E-state index contributed by atoms with van der Waals surface area (Å²) in [6.45, 7) is 0.999. The van der Waals surface area contributed by atoms with Crippen LogP contribution in [-0.2, 0) is 13.1 Å². The van der Waals surface area contributed by atoms with Gasteiger partial charge >= 0.3 is 0 Å². The van der Waals surface area contributed by atoms with E-state index in [0.717, 1.165) is 31.7 Å². The number of anilines is 2. The summed E-state index contributed by atoms with van der Waals surface area (Å²) in [5.41, 5.74) is 1.88. The highest BCUT2D eigenvalue weighted by Crippen LogP contribution is 2.22. The molecule has 0 spiro atoms. The van der Waals surface area contributed by atoms with Crippen LogP contribution < -0.4 is 19.4 Å². The molecule has 184 valence electrons. The topological polar surface area (TPSA) is 60.3 Å². The van der Waals surface area contributed by atoms with E-state index >= 15 is 0 Å². The largest absolute Gasteiger partial charge is 0.508 e. The minimum atomic E-state index is 0.205. The molecule has 4 aromatic heterocycles. The number of aromatic nitrogens is 4. The van der Waals surface area contributed by atoms with Crippen LogP contribution in [0.5, 0.6) is 5.75 Å². The predicted octanol–water partition coefficient (Wildman–Crippen LogP) is 5.22. The molecule has 0 atom stereocenters. The minimum Gasteiger partial charge on any atom is -0.508 e. The summed E-state index contributed by atoms with van der Waals surface area (Å²) in [5.74, 6) is 1.77. The molecule has 1 aromatic carbocycles. The van der Waals surface area contributed by atoms with Crippen LogP contribution in [0.4, 0.5) is 11.6 Å². The Kier molecular flexibility index (Phi) is 7.72. The van der Waals surface area contributed by atoms with E-state index in [0.29, 0.717) is 13.1 Å². The van der Waals surface area contributed by atoms with E-state index in [1.165, 1.54) is 0 Å². The van der Waals surface area contributed by atoms with Crippen LogP contribution in [0.3, 0.4) is 0 Å². The molecular formula is C28H24Br2N6O+2. The Morgan fingerprint density at radius 3 is 1.43 bits per heavy atom. The normalized spacial score (nSPS) is 10.8. The molecule has 0 aliphatic rings. The van der Waals surface area contributed by atoms with Crippen molar-refractivity contribution in [1.82, 2.24) is 9.97 Å². The molecule has 4 heterocycles. The highest BCUT2D eigenvalue weighted by atomic mass is 79.9. The molecular weight excluding hydrogens is 596 g/mol. The molecule has 0 aliphatic carbocycles. The summed E-state index contributed by atoms with van der Waals surface area (Å²) in [5, 5.41) is 14.8. The Bertz CT molecular complexity index is 1340. The highest BCUT2D eigenvalue weighted by molar-refractivity contribution is 9.10. The van der Waals surface area contributed by atoms with Crippen molar-refractivity contribution < 1.29 is 14.5 Å². The van der Waals surface area contributed by atoms with Gasteiger partial charge in [0.2, 0.25) is 0 Å². The van der Waals surface area contributed by atoms with Crippen molar-refractivity contribution >= 4 is 43.5 Å². The minimum absolute atomic E-state index is 0.205. The van der Waals surface area contributed by atoms with E-state index in [4.69, 9.17) is 0 Å². The third-order valence-corrected chi connectivity index (χ3v) is 6.55. The van der Waals surface area contributed by atoms with Gasteiger partial charge in [0.05, 0.1) is 0 Å². The molecule has 0 saturated carbocycles. The second-order valence-electron chi connectivity index (χ2n) is 8.30. The van der Waals surface area contributed by atoms with E-state index in [-0.39, 0.29) is 5.75 Å². The smallest absolute Gasteiger partial charge is 0.200 e. The molecule has 5 aromatic rings. The number of halogens is 2. The maximum Gasteiger partial charge on any atom is 0.200 e. The lowest BCUT2D eigenvalue weighted by atomic mass is 10.1. The number of phenolic OH excluding ortho intramolecular Hbond substituents is 1. The molecule has 0 bridgehead atoms. The second kappa shape index (κ2) is 11.5. The number of hydrogen-bond donors (Lipinski definition) is 1. The van der Waals surface area contributed by atoms with Crippen LogP contribution in [0.2, 0.25) is 0 Å². The molecule has 0 amide bonds. The van der Waals surface area contributed by atoms with Crippen molar-refractivity contribution in [3.8, 4) is 5.75 Å². The van der Waals surface area contributed by atoms with Gasteiger partial charge in [0.15, 0.2) is 36.4 Å². The molecule has 0 fully saturated rings. The van der Waals surface area contributed by atoms with Gasteiger partial charge in [0.1, 0.15) is 18.8 Å². The molecule has 9 heteroatoms. The first-order valence-electron chi connectivity index (χ1n) is 11.6. The fourth-order valence-corrected chi connectivity index (χ4v) is 4.44. The van der Waals surface area contributed by atoms with Crippen molar-refractivity contribution in [2.24, 2.45) is 0 Å². The Balaban J connectivity index is 1.48. The summed E-state index contributed by atoms with van der Waals surface area (Å²) >= 11 is 6.93. The van der Waals surface area contributed by atoms with Gasteiger partial charge in [0.25, 0.3) is 0 Å². The average molecular weight is 620 g/mol. The van der Waals surface area contributed by atoms with E-state index < -0.39 is 0 Å². The summed E-state index contributed by atoms with van der Waals surface area (Å²) in [6, 6.07) is 25.4. The van der Waals surface area contributed by atoms with Gasteiger partial charge in [0, 0.05) is 45.6 Å². The van der Waals surface area contributed by atoms with Gasteiger partial charge in [-0.25, -0.2) is 9.97 Å². The number of aromatic hydroxyl groups is 1. The van der Waals surface area contributed by atoms with Gasteiger partial charge in [-0.15, -0.1) is 10.0 Å². The van der Waals surface area contributed by atoms with Gasteiger partial charge < -0.3 is 5.11 Å². The van der Waals surface area contributed by atoms with E-state index in [2.05, 4.69) is 47.9 Å². The Morgan fingerprint density at radius 1 is 0.622 bits per heavy atom. The van der Waals surface area contributed by atoms with Crippen molar-refractivity contribution in [2.45, 2.75) is 13.1 Å².